The SMILES string of the molecule is Cc1ccc(C2OCCCC2CN=C(N)NC2CCOc3ccccc32)cc1. The van der Waals surface area contributed by atoms with Crippen LogP contribution >= 0.6 is 0 Å². The largest absolute Gasteiger partial charge is 0.493 e. The topological polar surface area (TPSA) is 68.9 Å². The lowest BCUT2D eigenvalue weighted by Gasteiger charge is -2.31. The normalized spacial score (nSPS) is 24.9. The van der Waals surface area contributed by atoms with Crippen molar-refractivity contribution in [1.29, 1.82) is 0 Å². The molecule has 0 radical (unpaired) electrons. The first-order valence-electron chi connectivity index (χ1n) is 10.2. The second-order valence-corrected chi connectivity index (χ2v) is 7.70. The van der Waals surface area contributed by atoms with Gasteiger partial charge in [-0.05, 0) is 31.4 Å². The van der Waals surface area contributed by atoms with Crippen molar-refractivity contribution in [2.75, 3.05) is 19.8 Å². The molecule has 2 aliphatic rings. The summed E-state index contributed by atoms with van der Waals surface area (Å²) in [5.41, 5.74) is 9.88. The van der Waals surface area contributed by atoms with E-state index < -0.39 is 0 Å². The maximum Gasteiger partial charge on any atom is 0.189 e. The van der Waals surface area contributed by atoms with Crippen LogP contribution in [0.1, 0.15) is 48.1 Å². The van der Waals surface area contributed by atoms with Gasteiger partial charge in [0.15, 0.2) is 5.96 Å². The van der Waals surface area contributed by atoms with E-state index in [-0.39, 0.29) is 12.1 Å². The van der Waals surface area contributed by atoms with Crippen LogP contribution in [0.4, 0.5) is 0 Å². The van der Waals surface area contributed by atoms with Gasteiger partial charge in [0.2, 0.25) is 0 Å². The van der Waals surface area contributed by atoms with Crippen molar-refractivity contribution in [3.8, 4) is 5.75 Å². The number of rotatable bonds is 4. The van der Waals surface area contributed by atoms with Crippen molar-refractivity contribution in [2.45, 2.75) is 38.3 Å². The lowest BCUT2D eigenvalue weighted by molar-refractivity contribution is -0.0250. The summed E-state index contributed by atoms with van der Waals surface area (Å²) in [7, 11) is 0. The van der Waals surface area contributed by atoms with Gasteiger partial charge in [0.25, 0.3) is 0 Å². The van der Waals surface area contributed by atoms with E-state index in [0.717, 1.165) is 37.2 Å². The highest BCUT2D eigenvalue weighted by molar-refractivity contribution is 5.78. The number of nitrogens with one attached hydrogen (secondary N) is 1. The first-order valence-corrected chi connectivity index (χ1v) is 10.2. The molecular formula is C23H29N3O2. The lowest BCUT2D eigenvalue weighted by atomic mass is 9.89. The van der Waals surface area contributed by atoms with E-state index >= 15 is 0 Å². The molecule has 3 unspecified atom stereocenters. The van der Waals surface area contributed by atoms with Crippen LogP contribution in [0.25, 0.3) is 0 Å². The highest BCUT2D eigenvalue weighted by Gasteiger charge is 2.27. The van der Waals surface area contributed by atoms with Gasteiger partial charge >= 0.3 is 0 Å². The highest BCUT2D eigenvalue weighted by Crippen LogP contribution is 2.34. The van der Waals surface area contributed by atoms with Gasteiger partial charge in [-0.3, -0.25) is 4.99 Å². The maximum atomic E-state index is 6.24. The lowest BCUT2D eigenvalue weighted by Crippen LogP contribution is -2.38. The molecule has 2 heterocycles. The highest BCUT2D eigenvalue weighted by atomic mass is 16.5. The van der Waals surface area contributed by atoms with Gasteiger partial charge in [0.05, 0.1) is 18.8 Å². The molecule has 5 heteroatoms. The average Bonchev–Trinajstić information content (AvgIpc) is 2.73. The van der Waals surface area contributed by atoms with Gasteiger partial charge in [0, 0.05) is 31.1 Å². The molecule has 0 aliphatic carbocycles. The van der Waals surface area contributed by atoms with Gasteiger partial charge in [-0.1, -0.05) is 48.0 Å². The third-order valence-electron chi connectivity index (χ3n) is 5.63. The molecule has 0 amide bonds. The molecule has 28 heavy (non-hydrogen) atoms. The van der Waals surface area contributed by atoms with E-state index in [1.165, 1.54) is 11.1 Å². The third kappa shape index (κ3) is 4.30. The fourth-order valence-corrected chi connectivity index (χ4v) is 4.09. The van der Waals surface area contributed by atoms with Crippen LogP contribution in [0.15, 0.2) is 53.5 Å². The molecule has 1 saturated heterocycles. The number of nitrogens with two attached hydrogens (primary N) is 1. The number of aryl methyl sites for hydroxylation is 1. The minimum absolute atomic E-state index is 0.0923. The van der Waals surface area contributed by atoms with Gasteiger partial charge in [-0.2, -0.15) is 0 Å². The number of ether oxygens (including phenoxy) is 2. The zero-order chi connectivity index (χ0) is 19.3. The Morgan fingerprint density at radius 2 is 1.93 bits per heavy atom. The minimum Gasteiger partial charge on any atom is -0.493 e. The molecule has 0 saturated carbocycles. The Labute approximate surface area is 167 Å². The monoisotopic (exact) mass is 379 g/mol. The quantitative estimate of drug-likeness (QED) is 0.625. The van der Waals surface area contributed by atoms with Crippen molar-refractivity contribution in [1.82, 2.24) is 5.32 Å². The molecule has 2 aliphatic heterocycles. The smallest absolute Gasteiger partial charge is 0.189 e. The second-order valence-electron chi connectivity index (χ2n) is 7.70. The maximum absolute atomic E-state index is 6.24. The molecular weight excluding hydrogens is 350 g/mol. The molecule has 0 bridgehead atoms. The summed E-state index contributed by atoms with van der Waals surface area (Å²) in [5.74, 6) is 1.77. The number of aliphatic imine (C=N–C) groups is 1. The molecule has 1 fully saturated rings. The first-order chi connectivity index (χ1) is 13.7. The molecule has 0 aromatic heterocycles. The van der Waals surface area contributed by atoms with Gasteiger partial charge in [-0.25, -0.2) is 0 Å². The molecule has 3 atom stereocenters. The van der Waals surface area contributed by atoms with E-state index in [4.69, 9.17) is 15.2 Å². The van der Waals surface area contributed by atoms with E-state index in [2.05, 4.69) is 47.6 Å². The summed E-state index contributed by atoms with van der Waals surface area (Å²) in [4.78, 5) is 4.67. The minimum atomic E-state index is 0.0923. The van der Waals surface area contributed by atoms with Crippen LogP contribution in [0.3, 0.4) is 0 Å². The van der Waals surface area contributed by atoms with E-state index in [0.29, 0.717) is 25.0 Å². The summed E-state index contributed by atoms with van der Waals surface area (Å²) in [6.07, 6.45) is 3.15. The number of hydrogen-bond acceptors (Lipinski definition) is 3. The Hall–Kier alpha value is -2.53. The number of fused-ring (bicyclic) bond motifs is 1. The Kier molecular flexibility index (Phi) is 5.81. The van der Waals surface area contributed by atoms with Crippen LogP contribution in [-0.4, -0.2) is 25.7 Å². The zero-order valence-corrected chi connectivity index (χ0v) is 16.4. The van der Waals surface area contributed by atoms with Gasteiger partial charge < -0.3 is 20.5 Å². The standard InChI is InChI=1S/C23H29N3O2/c1-16-8-10-17(11-9-16)22-18(5-4-13-28-22)15-25-23(24)26-20-12-14-27-21-7-3-2-6-19(20)21/h2-3,6-11,18,20,22H,4-5,12-15H2,1H3,(H3,24,25,26). The molecule has 0 spiro atoms. The molecule has 2 aromatic carbocycles. The fourth-order valence-electron chi connectivity index (χ4n) is 4.09. The van der Waals surface area contributed by atoms with Gasteiger partial charge in [0.1, 0.15) is 5.75 Å². The number of nitrogens with zero attached hydrogens (tertiary/aromatic N) is 1. The van der Waals surface area contributed by atoms with Crippen molar-refractivity contribution in [2.24, 2.45) is 16.6 Å². The second kappa shape index (κ2) is 8.65. The Balaban J connectivity index is 1.42. The molecule has 2 aromatic rings. The number of guanidine groups is 1. The zero-order valence-electron chi connectivity index (χ0n) is 16.4. The van der Waals surface area contributed by atoms with Crippen LogP contribution < -0.4 is 15.8 Å². The van der Waals surface area contributed by atoms with Crippen molar-refractivity contribution in [3.63, 3.8) is 0 Å². The van der Waals surface area contributed by atoms with Crippen molar-refractivity contribution < 1.29 is 9.47 Å². The van der Waals surface area contributed by atoms with E-state index in [9.17, 15) is 0 Å². The number of benzene rings is 2. The molecule has 148 valence electrons. The van der Waals surface area contributed by atoms with E-state index in [1.54, 1.807) is 0 Å². The molecule has 4 rings (SSSR count). The Bertz CT molecular complexity index is 819. The predicted molar refractivity (Wildman–Crippen MR) is 112 cm³/mol. The predicted octanol–water partition coefficient (Wildman–Crippen LogP) is 3.89. The average molecular weight is 380 g/mol. The Morgan fingerprint density at radius 3 is 2.79 bits per heavy atom. The third-order valence-corrected chi connectivity index (χ3v) is 5.63. The molecule has 3 N–H and O–H groups in total. The summed E-state index contributed by atoms with van der Waals surface area (Å²) in [5, 5.41) is 3.38. The summed E-state index contributed by atoms with van der Waals surface area (Å²) in [6, 6.07) is 16.9. The van der Waals surface area contributed by atoms with Crippen LogP contribution in [0, 0.1) is 12.8 Å². The summed E-state index contributed by atoms with van der Waals surface area (Å²) in [6.45, 7) is 4.27. The van der Waals surface area contributed by atoms with Crippen LogP contribution in [-0.2, 0) is 4.74 Å². The summed E-state index contributed by atoms with van der Waals surface area (Å²) < 4.78 is 11.8. The first kappa shape index (κ1) is 18.8. The van der Waals surface area contributed by atoms with Crippen molar-refractivity contribution >= 4 is 5.96 Å². The van der Waals surface area contributed by atoms with Crippen LogP contribution in [0.5, 0.6) is 5.75 Å². The Morgan fingerprint density at radius 1 is 1.11 bits per heavy atom. The van der Waals surface area contributed by atoms with E-state index in [1.807, 2.05) is 18.2 Å². The fraction of sp³-hybridized carbons (Fsp3) is 0.435. The summed E-state index contributed by atoms with van der Waals surface area (Å²) >= 11 is 0. The molecule has 5 nitrogen and oxygen atoms in total. The van der Waals surface area contributed by atoms with Gasteiger partial charge in [-0.15, -0.1) is 0 Å². The number of hydrogen-bond donors (Lipinski definition) is 2. The van der Waals surface area contributed by atoms with Crippen molar-refractivity contribution in [3.05, 3.63) is 65.2 Å². The number of para-hydroxylation sites is 1. The van der Waals surface area contributed by atoms with Crippen LogP contribution in [0.2, 0.25) is 0 Å².